The highest BCUT2D eigenvalue weighted by molar-refractivity contribution is 5.05. The van der Waals surface area contributed by atoms with E-state index < -0.39 is 18.6 Å². The fourth-order valence-electron chi connectivity index (χ4n) is 1.21. The Morgan fingerprint density at radius 3 is 2.50 bits per heavy atom. The normalized spacial score (nSPS) is 13.8. The summed E-state index contributed by atoms with van der Waals surface area (Å²) in [6.45, 7) is 1.75. The van der Waals surface area contributed by atoms with Crippen molar-refractivity contribution in [1.82, 2.24) is 15.4 Å². The first-order valence-corrected chi connectivity index (χ1v) is 4.74. The lowest BCUT2D eigenvalue weighted by molar-refractivity contribution is -0.136. The Morgan fingerprint density at radius 2 is 2.06 bits per heavy atom. The molecule has 0 amide bonds. The fraction of sp³-hybridized carbons (Fsp3) is 0.556. The zero-order chi connectivity index (χ0) is 12.2. The summed E-state index contributed by atoms with van der Waals surface area (Å²) in [5.74, 6) is 5.19. The highest BCUT2D eigenvalue weighted by Crippen LogP contribution is 2.26. The molecule has 0 bridgehead atoms. The summed E-state index contributed by atoms with van der Waals surface area (Å²) in [6, 6.07) is -0.630. The third kappa shape index (κ3) is 4.11. The van der Waals surface area contributed by atoms with Gasteiger partial charge in [0.25, 0.3) is 0 Å². The lowest BCUT2D eigenvalue weighted by Gasteiger charge is -2.15. The monoisotopic (exact) mass is 234 g/mol. The van der Waals surface area contributed by atoms with Gasteiger partial charge in [0.1, 0.15) is 0 Å². The Balaban J connectivity index is 2.64. The summed E-state index contributed by atoms with van der Waals surface area (Å²) in [7, 11) is 0. The second kappa shape index (κ2) is 5.22. The molecular weight excluding hydrogens is 221 g/mol. The molecule has 0 radical (unpaired) electrons. The maximum absolute atomic E-state index is 12.0. The molecule has 0 aliphatic rings. The number of hydrogen-bond acceptors (Lipinski definition) is 4. The van der Waals surface area contributed by atoms with Crippen LogP contribution in [0.25, 0.3) is 0 Å². The second-order valence-electron chi connectivity index (χ2n) is 3.46. The molecule has 0 aliphatic heterocycles. The second-order valence-corrected chi connectivity index (χ2v) is 3.46. The largest absolute Gasteiger partial charge is 0.389 e. The summed E-state index contributed by atoms with van der Waals surface area (Å²) in [6.07, 6.45) is -2.33. The molecule has 0 saturated carbocycles. The van der Waals surface area contributed by atoms with E-state index in [0.717, 1.165) is 0 Å². The van der Waals surface area contributed by atoms with Crippen LogP contribution < -0.4 is 11.3 Å². The number of aromatic nitrogens is 2. The van der Waals surface area contributed by atoms with Gasteiger partial charge in [-0.3, -0.25) is 21.2 Å². The Kier molecular flexibility index (Phi) is 4.19. The van der Waals surface area contributed by atoms with Crippen LogP contribution in [0.4, 0.5) is 13.2 Å². The Hall–Kier alpha value is -1.21. The van der Waals surface area contributed by atoms with Crippen LogP contribution in [-0.2, 0) is 0 Å². The van der Waals surface area contributed by atoms with Crippen molar-refractivity contribution in [2.24, 2.45) is 5.84 Å². The first kappa shape index (κ1) is 12.9. The number of alkyl halides is 3. The third-order valence-corrected chi connectivity index (χ3v) is 2.08. The summed E-state index contributed by atoms with van der Waals surface area (Å²) in [4.78, 5) is 7.93. The van der Waals surface area contributed by atoms with Gasteiger partial charge in [-0.2, -0.15) is 13.2 Å². The Labute approximate surface area is 91.1 Å². The summed E-state index contributed by atoms with van der Waals surface area (Å²) in [5.41, 5.74) is 3.43. The smallest absolute Gasteiger partial charge is 0.271 e. The molecule has 1 aromatic heterocycles. The van der Waals surface area contributed by atoms with E-state index in [1.165, 1.54) is 12.4 Å². The predicted molar refractivity (Wildman–Crippen MR) is 52.1 cm³/mol. The zero-order valence-electron chi connectivity index (χ0n) is 8.75. The van der Waals surface area contributed by atoms with E-state index >= 15 is 0 Å². The van der Waals surface area contributed by atoms with Crippen LogP contribution in [0.3, 0.4) is 0 Å². The summed E-state index contributed by atoms with van der Waals surface area (Å²) >= 11 is 0. The minimum absolute atomic E-state index is 0.155. The van der Waals surface area contributed by atoms with Crippen LogP contribution in [-0.4, -0.2) is 16.1 Å². The van der Waals surface area contributed by atoms with Crippen LogP contribution in [0.5, 0.6) is 0 Å². The molecule has 0 fully saturated rings. The van der Waals surface area contributed by atoms with Gasteiger partial charge in [0.05, 0.1) is 23.6 Å². The van der Waals surface area contributed by atoms with Crippen molar-refractivity contribution in [3.8, 4) is 0 Å². The highest BCUT2D eigenvalue weighted by Gasteiger charge is 2.28. The SMILES string of the molecule is Cc1cnc(C(CCC(F)(F)F)NN)cn1. The molecular formula is C9H13F3N4. The molecule has 1 unspecified atom stereocenters. The molecule has 1 rings (SSSR count). The van der Waals surface area contributed by atoms with E-state index in [2.05, 4.69) is 15.4 Å². The van der Waals surface area contributed by atoms with Gasteiger partial charge in [-0.1, -0.05) is 0 Å². The molecule has 0 aliphatic carbocycles. The van der Waals surface area contributed by atoms with Gasteiger partial charge < -0.3 is 0 Å². The van der Waals surface area contributed by atoms with Gasteiger partial charge in [0.15, 0.2) is 0 Å². The van der Waals surface area contributed by atoms with Crippen molar-refractivity contribution < 1.29 is 13.2 Å². The first-order valence-electron chi connectivity index (χ1n) is 4.74. The molecule has 7 heteroatoms. The Bertz CT molecular complexity index is 323. The van der Waals surface area contributed by atoms with E-state index in [9.17, 15) is 13.2 Å². The van der Waals surface area contributed by atoms with Crippen molar-refractivity contribution in [1.29, 1.82) is 0 Å². The highest BCUT2D eigenvalue weighted by atomic mass is 19.4. The minimum Gasteiger partial charge on any atom is -0.271 e. The average Bonchev–Trinajstić information content (AvgIpc) is 2.20. The lowest BCUT2D eigenvalue weighted by Crippen LogP contribution is -2.30. The topological polar surface area (TPSA) is 63.8 Å². The minimum atomic E-state index is -4.19. The number of nitrogens with zero attached hydrogens (tertiary/aromatic N) is 2. The quantitative estimate of drug-likeness (QED) is 0.614. The number of nitrogens with one attached hydrogen (secondary N) is 1. The molecule has 90 valence electrons. The van der Waals surface area contributed by atoms with Gasteiger partial charge in [-0.05, 0) is 13.3 Å². The van der Waals surface area contributed by atoms with Crippen molar-refractivity contribution in [3.05, 3.63) is 23.8 Å². The number of nitrogens with two attached hydrogens (primary N) is 1. The van der Waals surface area contributed by atoms with Crippen molar-refractivity contribution in [2.75, 3.05) is 0 Å². The van der Waals surface area contributed by atoms with E-state index in [-0.39, 0.29) is 6.42 Å². The maximum atomic E-state index is 12.0. The predicted octanol–water partition coefficient (Wildman–Crippen LogP) is 1.63. The van der Waals surface area contributed by atoms with Gasteiger partial charge >= 0.3 is 6.18 Å². The van der Waals surface area contributed by atoms with Crippen LogP contribution in [0, 0.1) is 6.92 Å². The molecule has 0 saturated heterocycles. The average molecular weight is 234 g/mol. The van der Waals surface area contributed by atoms with Gasteiger partial charge in [0, 0.05) is 12.6 Å². The number of hydrogen-bond donors (Lipinski definition) is 2. The van der Waals surface area contributed by atoms with Crippen molar-refractivity contribution in [3.63, 3.8) is 0 Å². The standard InChI is InChI=1S/C9H13F3N4/c1-6-4-15-8(5-14-6)7(16-13)2-3-9(10,11)12/h4-5,7,16H,2-3,13H2,1H3. The summed E-state index contributed by atoms with van der Waals surface area (Å²) in [5, 5.41) is 0. The fourth-order valence-corrected chi connectivity index (χ4v) is 1.21. The molecule has 1 heterocycles. The van der Waals surface area contributed by atoms with E-state index in [4.69, 9.17) is 5.84 Å². The molecule has 1 atom stereocenters. The number of halogens is 3. The number of aryl methyl sites for hydroxylation is 1. The lowest BCUT2D eigenvalue weighted by atomic mass is 10.1. The third-order valence-electron chi connectivity index (χ3n) is 2.08. The number of rotatable bonds is 4. The number of hydrazine groups is 1. The molecule has 0 aromatic carbocycles. The van der Waals surface area contributed by atoms with Gasteiger partial charge in [-0.25, -0.2) is 0 Å². The van der Waals surface area contributed by atoms with E-state index in [0.29, 0.717) is 11.4 Å². The molecule has 0 spiro atoms. The molecule has 4 nitrogen and oxygen atoms in total. The van der Waals surface area contributed by atoms with Crippen LogP contribution in [0.1, 0.15) is 30.3 Å². The van der Waals surface area contributed by atoms with Crippen LogP contribution in [0.2, 0.25) is 0 Å². The van der Waals surface area contributed by atoms with Crippen LogP contribution in [0.15, 0.2) is 12.4 Å². The van der Waals surface area contributed by atoms with Crippen molar-refractivity contribution >= 4 is 0 Å². The molecule has 1 aromatic rings. The molecule has 16 heavy (non-hydrogen) atoms. The summed E-state index contributed by atoms with van der Waals surface area (Å²) < 4.78 is 36.1. The van der Waals surface area contributed by atoms with Gasteiger partial charge in [-0.15, -0.1) is 0 Å². The zero-order valence-corrected chi connectivity index (χ0v) is 8.75. The maximum Gasteiger partial charge on any atom is 0.389 e. The first-order chi connectivity index (χ1) is 7.42. The van der Waals surface area contributed by atoms with E-state index in [1.807, 2.05) is 0 Å². The van der Waals surface area contributed by atoms with Gasteiger partial charge in [0.2, 0.25) is 0 Å². The van der Waals surface area contributed by atoms with Crippen molar-refractivity contribution in [2.45, 2.75) is 32.0 Å². The Morgan fingerprint density at radius 1 is 1.38 bits per heavy atom. The molecule has 3 N–H and O–H groups in total. The van der Waals surface area contributed by atoms with E-state index in [1.54, 1.807) is 6.92 Å². The van der Waals surface area contributed by atoms with Crippen LogP contribution >= 0.6 is 0 Å².